The first-order valence-corrected chi connectivity index (χ1v) is 12.3. The molecule has 1 atom stereocenters. The van der Waals surface area contributed by atoms with Crippen LogP contribution in [0.1, 0.15) is 89.2 Å². The van der Waals surface area contributed by atoms with Gasteiger partial charge in [0.25, 0.3) is 16.0 Å². The quantitative estimate of drug-likeness (QED) is 0.221. The van der Waals surface area contributed by atoms with Crippen LogP contribution >= 0.6 is 0 Å². The summed E-state index contributed by atoms with van der Waals surface area (Å²) in [5.74, 6) is -0.613. The zero-order chi connectivity index (χ0) is 21.7. The van der Waals surface area contributed by atoms with Crippen LogP contribution in [0.3, 0.4) is 0 Å². The Bertz CT molecular complexity index is 726. The molecule has 29 heavy (non-hydrogen) atoms. The van der Waals surface area contributed by atoms with Gasteiger partial charge in [0.15, 0.2) is 5.37 Å². The molecule has 0 radical (unpaired) electrons. The standard InChI is InChI=1S/C23H37NO4S/c1-4-5-6-7-8-9-10-11-12-13-14-21-15-17-22(18-16-21)19(2)23(25)24-20(3)29(26,27)28/h15-18,20H,2,4-14H2,1,3H3,(H,24,25)(H,26,27,28). The van der Waals surface area contributed by atoms with Gasteiger partial charge in [0.1, 0.15) is 0 Å². The van der Waals surface area contributed by atoms with Crippen LogP contribution in [0.2, 0.25) is 0 Å². The molecule has 1 aromatic rings. The van der Waals surface area contributed by atoms with E-state index >= 15 is 0 Å². The van der Waals surface area contributed by atoms with Crippen LogP contribution in [0.5, 0.6) is 0 Å². The Morgan fingerprint density at radius 1 is 0.966 bits per heavy atom. The molecule has 0 aliphatic heterocycles. The van der Waals surface area contributed by atoms with Crippen molar-refractivity contribution in [2.75, 3.05) is 0 Å². The SMILES string of the molecule is C=C(C(=O)NC(C)S(=O)(=O)O)c1ccc(CCCCCCCCCCCC)cc1. The summed E-state index contributed by atoms with van der Waals surface area (Å²) in [7, 11) is -4.32. The molecule has 0 spiro atoms. The second-order valence-electron chi connectivity index (χ2n) is 7.74. The van der Waals surface area contributed by atoms with E-state index in [2.05, 4.69) is 18.8 Å². The summed E-state index contributed by atoms with van der Waals surface area (Å²) < 4.78 is 31.0. The molecule has 6 heteroatoms. The summed E-state index contributed by atoms with van der Waals surface area (Å²) in [5.41, 5.74) is 2.02. The van der Waals surface area contributed by atoms with Crippen molar-refractivity contribution in [2.45, 2.75) is 89.9 Å². The molecule has 0 saturated carbocycles. The zero-order valence-electron chi connectivity index (χ0n) is 18.0. The van der Waals surface area contributed by atoms with Crippen molar-refractivity contribution in [3.05, 3.63) is 42.0 Å². The lowest BCUT2D eigenvalue weighted by Crippen LogP contribution is -2.38. The monoisotopic (exact) mass is 423 g/mol. The minimum Gasteiger partial charge on any atom is -0.334 e. The second kappa shape index (κ2) is 13.5. The number of rotatable bonds is 15. The van der Waals surface area contributed by atoms with Crippen molar-refractivity contribution >= 4 is 21.6 Å². The van der Waals surface area contributed by atoms with Gasteiger partial charge in [-0.15, -0.1) is 0 Å². The maximum atomic E-state index is 12.1. The highest BCUT2D eigenvalue weighted by molar-refractivity contribution is 7.86. The molecule has 5 nitrogen and oxygen atoms in total. The number of benzene rings is 1. The van der Waals surface area contributed by atoms with Gasteiger partial charge >= 0.3 is 0 Å². The van der Waals surface area contributed by atoms with Gasteiger partial charge in [-0.1, -0.05) is 95.6 Å². The van der Waals surface area contributed by atoms with Gasteiger partial charge in [0.2, 0.25) is 0 Å². The van der Waals surface area contributed by atoms with Gasteiger partial charge in [0.05, 0.1) is 0 Å². The summed E-state index contributed by atoms with van der Waals surface area (Å²) in [6, 6.07) is 7.61. The zero-order valence-corrected chi connectivity index (χ0v) is 18.8. The summed E-state index contributed by atoms with van der Waals surface area (Å²) in [6.45, 7) is 7.18. The Labute approximate surface area is 176 Å². The van der Waals surface area contributed by atoms with Crippen LogP contribution in [-0.4, -0.2) is 24.3 Å². The number of hydrogen-bond acceptors (Lipinski definition) is 3. The van der Waals surface area contributed by atoms with Crippen LogP contribution < -0.4 is 5.32 Å². The van der Waals surface area contributed by atoms with Crippen molar-refractivity contribution < 1.29 is 17.8 Å². The highest BCUT2D eigenvalue weighted by atomic mass is 32.2. The molecule has 164 valence electrons. The Kier molecular flexibility index (Phi) is 11.9. The number of amides is 1. The third-order valence-corrected chi connectivity index (χ3v) is 6.19. The van der Waals surface area contributed by atoms with Crippen LogP contribution in [0.15, 0.2) is 30.8 Å². The number of hydrogen-bond donors (Lipinski definition) is 2. The van der Waals surface area contributed by atoms with Crippen molar-refractivity contribution in [1.82, 2.24) is 5.32 Å². The molecule has 2 N–H and O–H groups in total. The Morgan fingerprint density at radius 2 is 1.45 bits per heavy atom. The average Bonchev–Trinajstić information content (AvgIpc) is 2.68. The van der Waals surface area contributed by atoms with E-state index in [1.807, 2.05) is 24.3 Å². The van der Waals surface area contributed by atoms with E-state index < -0.39 is 21.4 Å². The molecule has 0 aliphatic rings. The second-order valence-corrected chi connectivity index (χ2v) is 9.48. The van der Waals surface area contributed by atoms with E-state index in [-0.39, 0.29) is 5.57 Å². The molecule has 1 rings (SSSR count). The van der Waals surface area contributed by atoms with E-state index in [4.69, 9.17) is 4.55 Å². The van der Waals surface area contributed by atoms with Crippen molar-refractivity contribution in [3.63, 3.8) is 0 Å². The van der Waals surface area contributed by atoms with E-state index in [1.54, 1.807) is 0 Å². The third kappa shape index (κ3) is 10.6. The van der Waals surface area contributed by atoms with Crippen molar-refractivity contribution in [3.8, 4) is 0 Å². The fourth-order valence-corrected chi connectivity index (χ4v) is 3.42. The maximum absolute atomic E-state index is 12.1. The van der Waals surface area contributed by atoms with E-state index in [9.17, 15) is 13.2 Å². The van der Waals surface area contributed by atoms with E-state index in [0.29, 0.717) is 5.56 Å². The smallest absolute Gasteiger partial charge is 0.285 e. The molecule has 0 bridgehead atoms. The fraction of sp³-hybridized carbons (Fsp3) is 0.609. The predicted molar refractivity (Wildman–Crippen MR) is 120 cm³/mol. The number of unbranched alkanes of at least 4 members (excludes halogenated alkanes) is 9. The van der Waals surface area contributed by atoms with Crippen LogP contribution in [-0.2, 0) is 21.3 Å². The lowest BCUT2D eigenvalue weighted by molar-refractivity contribution is -0.115. The highest BCUT2D eigenvalue weighted by Gasteiger charge is 2.21. The van der Waals surface area contributed by atoms with Crippen LogP contribution in [0, 0.1) is 0 Å². The van der Waals surface area contributed by atoms with Crippen molar-refractivity contribution in [1.29, 1.82) is 0 Å². The van der Waals surface area contributed by atoms with E-state index in [1.165, 1.54) is 70.3 Å². The summed E-state index contributed by atoms with van der Waals surface area (Å²) in [5, 5.41) is 0.856. The first-order valence-electron chi connectivity index (χ1n) is 10.8. The molecule has 0 aliphatic carbocycles. The summed E-state index contributed by atoms with van der Waals surface area (Å²) >= 11 is 0. The number of carbonyl (C=O) groups excluding carboxylic acids is 1. The summed E-state index contributed by atoms with van der Waals surface area (Å²) in [6.07, 6.45) is 14.1. The van der Waals surface area contributed by atoms with Gasteiger partial charge < -0.3 is 5.32 Å². The molecule has 1 aromatic carbocycles. The topological polar surface area (TPSA) is 83.5 Å². The van der Waals surface area contributed by atoms with E-state index in [0.717, 1.165) is 12.8 Å². The van der Waals surface area contributed by atoms with Gasteiger partial charge in [-0.05, 0) is 30.9 Å². The number of nitrogens with one attached hydrogen (secondary N) is 1. The molecule has 1 unspecified atom stereocenters. The molecule has 0 fully saturated rings. The minimum absolute atomic E-state index is 0.172. The van der Waals surface area contributed by atoms with Gasteiger partial charge in [-0.2, -0.15) is 8.42 Å². The largest absolute Gasteiger partial charge is 0.334 e. The third-order valence-electron chi connectivity index (χ3n) is 5.18. The van der Waals surface area contributed by atoms with Crippen LogP contribution in [0.25, 0.3) is 5.57 Å². The van der Waals surface area contributed by atoms with Gasteiger partial charge in [0, 0.05) is 5.57 Å². The Balaban J connectivity index is 2.28. The molecule has 0 heterocycles. The number of carbonyl (C=O) groups is 1. The lowest BCUT2D eigenvalue weighted by atomic mass is 10.0. The Morgan fingerprint density at radius 3 is 1.93 bits per heavy atom. The average molecular weight is 424 g/mol. The molecule has 0 aromatic heterocycles. The lowest BCUT2D eigenvalue weighted by Gasteiger charge is -2.12. The fourth-order valence-electron chi connectivity index (χ4n) is 3.17. The first-order chi connectivity index (χ1) is 13.8. The van der Waals surface area contributed by atoms with Gasteiger partial charge in [-0.25, -0.2) is 0 Å². The highest BCUT2D eigenvalue weighted by Crippen LogP contribution is 2.17. The molecular weight excluding hydrogens is 386 g/mol. The normalized spacial score (nSPS) is 12.5. The summed E-state index contributed by atoms with van der Waals surface area (Å²) in [4.78, 5) is 12.1. The molecular formula is C23H37NO4S. The van der Waals surface area contributed by atoms with Gasteiger partial charge in [-0.3, -0.25) is 9.35 Å². The van der Waals surface area contributed by atoms with Crippen molar-refractivity contribution in [2.24, 2.45) is 0 Å². The Hall–Kier alpha value is -1.66. The maximum Gasteiger partial charge on any atom is 0.285 e. The predicted octanol–water partition coefficient (Wildman–Crippen LogP) is 5.51. The van der Waals surface area contributed by atoms with Crippen LogP contribution in [0.4, 0.5) is 0 Å². The minimum atomic E-state index is -4.32. The first kappa shape index (κ1) is 25.4. The molecule has 0 saturated heterocycles. The molecule has 1 amide bonds. The number of aryl methyl sites for hydroxylation is 1.